The van der Waals surface area contributed by atoms with Crippen LogP contribution in [0.15, 0.2) is 28.5 Å². The zero-order chi connectivity index (χ0) is 12.1. The van der Waals surface area contributed by atoms with E-state index in [9.17, 15) is 0 Å². The summed E-state index contributed by atoms with van der Waals surface area (Å²) < 4.78 is 0. The quantitative estimate of drug-likeness (QED) is 0.278. The van der Waals surface area contributed by atoms with Gasteiger partial charge in [0.25, 0.3) is 0 Å². The first-order valence-corrected chi connectivity index (χ1v) is 6.03. The summed E-state index contributed by atoms with van der Waals surface area (Å²) in [6, 6.07) is 3.58. The molecule has 1 aromatic heterocycles. The number of hydrogen-bond acceptors (Lipinski definition) is 4. The first-order valence-electron chi connectivity index (χ1n) is 5.15. The topological polar surface area (TPSA) is 71.5 Å². The number of pyridine rings is 1. The Hall–Kier alpha value is -1.23. The minimum absolute atomic E-state index is 0.103. The molecule has 0 spiro atoms. The van der Waals surface area contributed by atoms with Gasteiger partial charge in [-0.3, -0.25) is 0 Å². The zero-order valence-electron chi connectivity index (χ0n) is 9.71. The SMILES string of the molecule is CC(C)C(C)Sc1ncccc1/C(N)=N/O. The fraction of sp³-hybridized carbons (Fsp3) is 0.455. The maximum Gasteiger partial charge on any atom is 0.172 e. The van der Waals surface area contributed by atoms with Gasteiger partial charge in [0.15, 0.2) is 5.84 Å². The summed E-state index contributed by atoms with van der Waals surface area (Å²) in [6.45, 7) is 6.45. The number of aromatic nitrogens is 1. The van der Waals surface area contributed by atoms with Crippen molar-refractivity contribution in [2.45, 2.75) is 31.0 Å². The highest BCUT2D eigenvalue weighted by molar-refractivity contribution is 7.99. The van der Waals surface area contributed by atoms with E-state index < -0.39 is 0 Å². The maximum atomic E-state index is 8.68. The summed E-state index contributed by atoms with van der Waals surface area (Å²) in [5.41, 5.74) is 6.28. The van der Waals surface area contributed by atoms with E-state index in [1.54, 1.807) is 30.1 Å². The van der Waals surface area contributed by atoms with E-state index in [-0.39, 0.29) is 5.84 Å². The Morgan fingerprint density at radius 2 is 2.19 bits per heavy atom. The first kappa shape index (κ1) is 12.8. The lowest BCUT2D eigenvalue weighted by Gasteiger charge is -2.15. The predicted molar refractivity (Wildman–Crippen MR) is 66.9 cm³/mol. The third-order valence-corrected chi connectivity index (χ3v) is 3.86. The van der Waals surface area contributed by atoms with Gasteiger partial charge in [-0.2, -0.15) is 0 Å². The third kappa shape index (κ3) is 3.13. The van der Waals surface area contributed by atoms with Crippen LogP contribution in [0.4, 0.5) is 0 Å². The van der Waals surface area contributed by atoms with Crippen LogP contribution in [0.3, 0.4) is 0 Å². The van der Waals surface area contributed by atoms with Crippen molar-refractivity contribution in [2.24, 2.45) is 16.8 Å². The summed E-state index contributed by atoms with van der Waals surface area (Å²) in [7, 11) is 0. The van der Waals surface area contributed by atoms with Crippen LogP contribution < -0.4 is 5.73 Å². The summed E-state index contributed by atoms with van der Waals surface area (Å²) in [5.74, 6) is 0.652. The largest absolute Gasteiger partial charge is 0.409 e. The molecule has 0 amide bonds. The Morgan fingerprint density at radius 1 is 1.50 bits per heavy atom. The number of hydrogen-bond donors (Lipinski definition) is 2. The molecule has 0 aliphatic carbocycles. The van der Waals surface area contributed by atoms with E-state index in [0.717, 1.165) is 5.03 Å². The molecule has 1 heterocycles. The highest BCUT2D eigenvalue weighted by Gasteiger charge is 2.14. The number of nitrogens with zero attached hydrogens (tertiary/aromatic N) is 2. The maximum absolute atomic E-state index is 8.68. The molecule has 3 N–H and O–H groups in total. The van der Waals surface area contributed by atoms with E-state index >= 15 is 0 Å². The van der Waals surface area contributed by atoms with Gasteiger partial charge in [-0.15, -0.1) is 11.8 Å². The fourth-order valence-corrected chi connectivity index (χ4v) is 2.09. The minimum atomic E-state index is 0.103. The van der Waals surface area contributed by atoms with Crippen LogP contribution >= 0.6 is 11.8 Å². The molecule has 0 aliphatic heterocycles. The van der Waals surface area contributed by atoms with E-state index in [1.807, 2.05) is 0 Å². The monoisotopic (exact) mass is 239 g/mol. The van der Waals surface area contributed by atoms with Gasteiger partial charge in [-0.05, 0) is 18.1 Å². The van der Waals surface area contributed by atoms with E-state index in [4.69, 9.17) is 10.9 Å². The molecule has 16 heavy (non-hydrogen) atoms. The predicted octanol–water partition coefficient (Wildman–Crippen LogP) is 2.31. The molecular weight excluding hydrogens is 222 g/mol. The fourth-order valence-electron chi connectivity index (χ4n) is 1.05. The normalized spacial score (nSPS) is 14.1. The molecule has 0 bridgehead atoms. The molecule has 5 heteroatoms. The Kier molecular flexibility index (Phi) is 4.61. The summed E-state index contributed by atoms with van der Waals surface area (Å²) in [5, 5.41) is 12.9. The van der Waals surface area contributed by atoms with Crippen LogP contribution in [0.1, 0.15) is 26.3 Å². The average Bonchev–Trinajstić information content (AvgIpc) is 2.28. The zero-order valence-corrected chi connectivity index (χ0v) is 10.5. The van der Waals surface area contributed by atoms with Gasteiger partial charge < -0.3 is 10.9 Å². The van der Waals surface area contributed by atoms with Gasteiger partial charge in [0, 0.05) is 11.4 Å². The molecule has 0 fully saturated rings. The number of oxime groups is 1. The molecule has 88 valence electrons. The van der Waals surface area contributed by atoms with Crippen molar-refractivity contribution in [1.29, 1.82) is 0 Å². The van der Waals surface area contributed by atoms with Crippen LogP contribution in [0.25, 0.3) is 0 Å². The Morgan fingerprint density at radius 3 is 2.75 bits per heavy atom. The molecule has 1 atom stereocenters. The second-order valence-corrected chi connectivity index (χ2v) is 5.27. The van der Waals surface area contributed by atoms with Crippen molar-refractivity contribution in [3.05, 3.63) is 23.9 Å². The van der Waals surface area contributed by atoms with Crippen molar-refractivity contribution >= 4 is 17.6 Å². The first-order chi connectivity index (χ1) is 7.56. The summed E-state index contributed by atoms with van der Waals surface area (Å²) >= 11 is 1.64. The third-order valence-electron chi connectivity index (χ3n) is 2.39. The standard InChI is InChI=1S/C11H17N3OS/c1-7(2)8(3)16-11-9(10(12)14-15)5-4-6-13-11/h4-8,15H,1-3H3,(H2,12,14). The average molecular weight is 239 g/mol. The van der Waals surface area contributed by atoms with Crippen molar-refractivity contribution in [3.8, 4) is 0 Å². The smallest absolute Gasteiger partial charge is 0.172 e. The Labute approximate surface area is 99.9 Å². The van der Waals surface area contributed by atoms with Crippen LogP contribution in [0.2, 0.25) is 0 Å². The van der Waals surface area contributed by atoms with Gasteiger partial charge in [0.2, 0.25) is 0 Å². The lowest BCUT2D eigenvalue weighted by Crippen LogP contribution is -2.16. The molecule has 4 nitrogen and oxygen atoms in total. The molecule has 0 aromatic carbocycles. The van der Waals surface area contributed by atoms with Crippen molar-refractivity contribution < 1.29 is 5.21 Å². The second-order valence-electron chi connectivity index (χ2n) is 3.91. The molecule has 1 rings (SSSR count). The van der Waals surface area contributed by atoms with E-state index in [1.165, 1.54) is 0 Å². The van der Waals surface area contributed by atoms with E-state index in [2.05, 4.69) is 30.9 Å². The van der Waals surface area contributed by atoms with Gasteiger partial charge in [-0.25, -0.2) is 4.98 Å². The van der Waals surface area contributed by atoms with Crippen molar-refractivity contribution in [3.63, 3.8) is 0 Å². The molecular formula is C11H17N3OS. The summed E-state index contributed by atoms with van der Waals surface area (Å²) in [6.07, 6.45) is 1.71. The van der Waals surface area contributed by atoms with Crippen molar-refractivity contribution in [1.82, 2.24) is 4.98 Å². The van der Waals surface area contributed by atoms with Gasteiger partial charge in [0.05, 0.1) is 5.56 Å². The molecule has 1 aromatic rings. The highest BCUT2D eigenvalue weighted by Crippen LogP contribution is 2.28. The van der Waals surface area contributed by atoms with Gasteiger partial charge in [0.1, 0.15) is 5.03 Å². The van der Waals surface area contributed by atoms with Crippen LogP contribution in [-0.2, 0) is 0 Å². The lowest BCUT2D eigenvalue weighted by atomic mass is 10.2. The number of thioether (sulfide) groups is 1. The molecule has 0 saturated heterocycles. The van der Waals surface area contributed by atoms with E-state index in [0.29, 0.717) is 16.7 Å². The second kappa shape index (κ2) is 5.75. The molecule has 0 aliphatic rings. The van der Waals surface area contributed by atoms with Gasteiger partial charge >= 0.3 is 0 Å². The Balaban J connectivity index is 2.96. The molecule has 1 unspecified atom stereocenters. The molecule has 0 radical (unpaired) electrons. The minimum Gasteiger partial charge on any atom is -0.409 e. The Bertz CT molecular complexity index is 379. The lowest BCUT2D eigenvalue weighted by molar-refractivity contribution is 0.318. The van der Waals surface area contributed by atoms with Crippen LogP contribution in [-0.4, -0.2) is 21.3 Å². The van der Waals surface area contributed by atoms with Gasteiger partial charge in [-0.1, -0.05) is 25.9 Å². The van der Waals surface area contributed by atoms with Crippen molar-refractivity contribution in [2.75, 3.05) is 0 Å². The van der Waals surface area contributed by atoms with Crippen LogP contribution in [0, 0.1) is 5.92 Å². The molecule has 0 saturated carbocycles. The number of rotatable bonds is 4. The number of amidine groups is 1. The number of nitrogens with two attached hydrogens (primary N) is 1. The summed E-state index contributed by atoms with van der Waals surface area (Å²) in [4.78, 5) is 4.26. The highest BCUT2D eigenvalue weighted by atomic mass is 32.2. The van der Waals surface area contributed by atoms with Crippen LogP contribution in [0.5, 0.6) is 0 Å².